The molecule has 0 radical (unpaired) electrons. The molecule has 0 bridgehead atoms. The molecular weight excluding hydrogens is 370 g/mol. The van der Waals surface area contributed by atoms with Gasteiger partial charge < -0.3 is 25.0 Å². The Bertz CT molecular complexity index is 876. The molecule has 29 heavy (non-hydrogen) atoms. The van der Waals surface area contributed by atoms with Crippen molar-refractivity contribution in [1.82, 2.24) is 15.2 Å². The number of fused-ring (bicyclic) bond motifs is 1. The van der Waals surface area contributed by atoms with Crippen molar-refractivity contribution in [3.63, 3.8) is 0 Å². The van der Waals surface area contributed by atoms with Gasteiger partial charge in [-0.05, 0) is 42.7 Å². The van der Waals surface area contributed by atoms with Crippen LogP contribution in [-0.2, 0) is 6.54 Å². The maximum absolute atomic E-state index is 11.8. The highest BCUT2D eigenvalue weighted by molar-refractivity contribution is 5.89. The van der Waals surface area contributed by atoms with Crippen molar-refractivity contribution in [2.45, 2.75) is 25.4 Å². The highest BCUT2D eigenvalue weighted by atomic mass is 16.7. The third kappa shape index (κ3) is 4.37. The van der Waals surface area contributed by atoms with E-state index in [0.717, 1.165) is 62.9 Å². The zero-order valence-corrected chi connectivity index (χ0v) is 16.3. The Kier molecular flexibility index (Phi) is 4.85. The Morgan fingerprint density at radius 2 is 1.90 bits per heavy atom. The van der Waals surface area contributed by atoms with E-state index in [1.54, 1.807) is 6.20 Å². The van der Waals surface area contributed by atoms with E-state index < -0.39 is 0 Å². The number of nitrogens with zero attached hydrogens (tertiary/aromatic N) is 3. The van der Waals surface area contributed by atoms with E-state index in [1.165, 1.54) is 5.56 Å². The van der Waals surface area contributed by atoms with Gasteiger partial charge in [-0.25, -0.2) is 9.78 Å². The predicted molar refractivity (Wildman–Crippen MR) is 109 cm³/mol. The molecular formula is C21H25N5O3. The Morgan fingerprint density at radius 1 is 1.07 bits per heavy atom. The van der Waals surface area contributed by atoms with Gasteiger partial charge >= 0.3 is 6.03 Å². The van der Waals surface area contributed by atoms with Crippen LogP contribution in [0.3, 0.4) is 0 Å². The van der Waals surface area contributed by atoms with Gasteiger partial charge in [-0.3, -0.25) is 4.90 Å². The van der Waals surface area contributed by atoms with Gasteiger partial charge in [0.2, 0.25) is 6.79 Å². The van der Waals surface area contributed by atoms with Crippen molar-refractivity contribution in [2.24, 2.45) is 0 Å². The van der Waals surface area contributed by atoms with Crippen molar-refractivity contribution >= 4 is 17.5 Å². The lowest BCUT2D eigenvalue weighted by molar-refractivity contribution is 0.174. The molecule has 1 aromatic heterocycles. The van der Waals surface area contributed by atoms with Crippen molar-refractivity contribution in [3.05, 3.63) is 42.1 Å². The van der Waals surface area contributed by atoms with E-state index in [1.807, 2.05) is 18.2 Å². The Labute approximate surface area is 169 Å². The summed E-state index contributed by atoms with van der Waals surface area (Å²) >= 11 is 0. The number of urea groups is 1. The molecule has 2 aliphatic heterocycles. The summed E-state index contributed by atoms with van der Waals surface area (Å²) in [5, 5.41) is 5.75. The number of hydrogen-bond acceptors (Lipinski definition) is 6. The number of piperazine rings is 1. The highest BCUT2D eigenvalue weighted by Gasteiger charge is 2.23. The van der Waals surface area contributed by atoms with Crippen molar-refractivity contribution in [3.8, 4) is 11.5 Å². The number of hydrogen-bond donors (Lipinski definition) is 2. The van der Waals surface area contributed by atoms with E-state index >= 15 is 0 Å². The summed E-state index contributed by atoms with van der Waals surface area (Å²) in [6.07, 6.45) is 3.87. The molecule has 8 nitrogen and oxygen atoms in total. The fourth-order valence-electron chi connectivity index (χ4n) is 3.66. The van der Waals surface area contributed by atoms with Crippen molar-refractivity contribution in [1.29, 1.82) is 0 Å². The first-order valence-electron chi connectivity index (χ1n) is 10.1. The number of carbonyl (C=O) groups is 1. The second-order valence-corrected chi connectivity index (χ2v) is 7.73. The molecule has 0 atom stereocenters. The fraction of sp³-hybridized carbons (Fsp3) is 0.429. The zero-order chi connectivity index (χ0) is 19.6. The second-order valence-electron chi connectivity index (χ2n) is 7.73. The summed E-state index contributed by atoms with van der Waals surface area (Å²) in [5.74, 6) is 2.61. The topological polar surface area (TPSA) is 79.0 Å². The van der Waals surface area contributed by atoms with Gasteiger partial charge in [-0.1, -0.05) is 6.07 Å². The first kappa shape index (κ1) is 18.1. The zero-order valence-electron chi connectivity index (χ0n) is 16.3. The average molecular weight is 395 g/mol. The number of amides is 2. The maximum Gasteiger partial charge on any atom is 0.319 e. The first-order valence-corrected chi connectivity index (χ1v) is 10.1. The Balaban J connectivity index is 1.12. The van der Waals surface area contributed by atoms with Crippen LogP contribution in [0, 0.1) is 0 Å². The Morgan fingerprint density at radius 3 is 2.66 bits per heavy atom. The third-order valence-corrected chi connectivity index (χ3v) is 5.46. The van der Waals surface area contributed by atoms with Crippen molar-refractivity contribution in [2.75, 3.05) is 43.2 Å². The summed E-state index contributed by atoms with van der Waals surface area (Å²) in [6.45, 7) is 5.00. The molecule has 1 saturated carbocycles. The van der Waals surface area contributed by atoms with Gasteiger partial charge in [0.25, 0.3) is 0 Å². The fourth-order valence-corrected chi connectivity index (χ4v) is 3.66. The lowest BCUT2D eigenvalue weighted by atomic mass is 10.1. The monoisotopic (exact) mass is 395 g/mol. The summed E-state index contributed by atoms with van der Waals surface area (Å²) in [6, 6.07) is 10.2. The average Bonchev–Trinajstić information content (AvgIpc) is 3.42. The minimum Gasteiger partial charge on any atom is -0.454 e. The lowest BCUT2D eigenvalue weighted by Crippen LogP contribution is -2.46. The van der Waals surface area contributed by atoms with Crippen LogP contribution in [-0.4, -0.2) is 54.9 Å². The molecule has 5 rings (SSSR count). The number of pyridine rings is 1. The predicted octanol–water partition coefficient (Wildman–Crippen LogP) is 2.42. The number of anilines is 2. The van der Waals surface area contributed by atoms with Crippen LogP contribution < -0.4 is 25.0 Å². The molecule has 1 aliphatic carbocycles. The molecule has 1 saturated heterocycles. The Hall–Kier alpha value is -3.00. The molecule has 2 aromatic rings. The summed E-state index contributed by atoms with van der Waals surface area (Å²) < 4.78 is 10.9. The van der Waals surface area contributed by atoms with Crippen molar-refractivity contribution < 1.29 is 14.3 Å². The van der Waals surface area contributed by atoms with Crippen LogP contribution in [0.15, 0.2) is 36.5 Å². The van der Waals surface area contributed by atoms with Crippen LogP contribution in [0.2, 0.25) is 0 Å². The summed E-state index contributed by atoms with van der Waals surface area (Å²) in [5.41, 5.74) is 1.95. The largest absolute Gasteiger partial charge is 0.454 e. The van der Waals surface area contributed by atoms with Gasteiger partial charge in [0, 0.05) is 38.8 Å². The molecule has 8 heteroatoms. The standard InChI is InChI=1S/C21H25N5O3/c27-21(23-16-2-3-16)24-17-4-6-20(22-12-17)26-9-7-25(8-10-26)13-15-1-5-18-19(11-15)29-14-28-18/h1,4-6,11-12,16H,2-3,7-10,13-14H2,(H2,23,24,27). The molecule has 152 valence electrons. The van der Waals surface area contributed by atoms with Gasteiger partial charge in [0.1, 0.15) is 5.82 Å². The molecule has 2 N–H and O–H groups in total. The number of benzene rings is 1. The van der Waals surface area contributed by atoms with E-state index in [4.69, 9.17) is 9.47 Å². The SMILES string of the molecule is O=C(Nc1ccc(N2CCN(Cc3ccc4c(c3)OCO4)CC2)nc1)NC1CC1. The van der Waals surface area contributed by atoms with Crippen LogP contribution in [0.25, 0.3) is 0 Å². The minimum atomic E-state index is -0.154. The normalized spacial score (nSPS) is 18.6. The number of nitrogens with one attached hydrogen (secondary N) is 2. The molecule has 0 spiro atoms. The van der Waals surface area contributed by atoms with Gasteiger partial charge in [-0.15, -0.1) is 0 Å². The highest BCUT2D eigenvalue weighted by Crippen LogP contribution is 2.33. The van der Waals surface area contributed by atoms with Gasteiger partial charge in [0.15, 0.2) is 11.5 Å². The third-order valence-electron chi connectivity index (χ3n) is 5.46. The van der Waals surface area contributed by atoms with Crippen LogP contribution in [0.5, 0.6) is 11.5 Å². The summed E-state index contributed by atoms with van der Waals surface area (Å²) in [4.78, 5) is 21.1. The number of ether oxygens (including phenoxy) is 2. The number of carbonyl (C=O) groups excluding carboxylic acids is 1. The van der Waals surface area contributed by atoms with E-state index in [9.17, 15) is 4.79 Å². The van der Waals surface area contributed by atoms with E-state index in [-0.39, 0.29) is 6.03 Å². The van der Waals surface area contributed by atoms with Crippen LogP contribution >= 0.6 is 0 Å². The molecule has 0 unspecified atom stereocenters. The minimum absolute atomic E-state index is 0.154. The molecule has 2 fully saturated rings. The lowest BCUT2D eigenvalue weighted by Gasteiger charge is -2.35. The summed E-state index contributed by atoms with van der Waals surface area (Å²) in [7, 11) is 0. The maximum atomic E-state index is 11.8. The smallest absolute Gasteiger partial charge is 0.319 e. The number of rotatable bonds is 5. The van der Waals surface area contributed by atoms with Gasteiger partial charge in [-0.2, -0.15) is 0 Å². The quantitative estimate of drug-likeness (QED) is 0.810. The molecule has 3 aliphatic rings. The van der Waals surface area contributed by atoms with E-state index in [2.05, 4.69) is 37.6 Å². The van der Waals surface area contributed by atoms with Crippen LogP contribution in [0.1, 0.15) is 18.4 Å². The second kappa shape index (κ2) is 7.79. The number of aromatic nitrogens is 1. The van der Waals surface area contributed by atoms with Crippen LogP contribution in [0.4, 0.5) is 16.3 Å². The first-order chi connectivity index (χ1) is 14.2. The van der Waals surface area contributed by atoms with E-state index in [0.29, 0.717) is 18.5 Å². The van der Waals surface area contributed by atoms with Gasteiger partial charge in [0.05, 0.1) is 11.9 Å². The molecule has 3 heterocycles. The molecule has 1 aromatic carbocycles. The molecule has 2 amide bonds.